The molecule has 0 radical (unpaired) electrons. The second kappa shape index (κ2) is 6.37. The van der Waals surface area contributed by atoms with E-state index in [0.29, 0.717) is 16.3 Å². The van der Waals surface area contributed by atoms with Gasteiger partial charge in [-0.2, -0.15) is 0 Å². The number of carboxylic acids is 1. The van der Waals surface area contributed by atoms with Crippen LogP contribution in [0.4, 0.5) is 5.82 Å². The van der Waals surface area contributed by atoms with E-state index in [4.69, 9.17) is 0 Å². The monoisotopic (exact) mass is 326 g/mol. The van der Waals surface area contributed by atoms with Gasteiger partial charge in [0.15, 0.2) is 0 Å². The second-order valence-electron chi connectivity index (χ2n) is 4.96. The molecule has 104 valence electrons. The summed E-state index contributed by atoms with van der Waals surface area (Å²) >= 11 is 3.29. The highest BCUT2D eigenvalue weighted by atomic mass is 79.9. The zero-order valence-electron chi connectivity index (χ0n) is 11.1. The van der Waals surface area contributed by atoms with Crippen LogP contribution >= 0.6 is 15.9 Å². The fraction of sp³-hybridized carbons (Fsp3) is 0.571. The molecule has 1 aromatic rings. The number of pyridine rings is 1. The molecule has 0 aliphatic carbocycles. The van der Waals surface area contributed by atoms with Crippen LogP contribution in [0.1, 0.15) is 49.4 Å². The Hall–Kier alpha value is -1.10. The number of halogens is 1. The smallest absolute Gasteiger partial charge is 0.339 e. The third kappa shape index (κ3) is 3.26. The Kier molecular flexibility index (Phi) is 4.80. The summed E-state index contributed by atoms with van der Waals surface area (Å²) in [7, 11) is 0. The maximum Gasteiger partial charge on any atom is 0.339 e. The molecule has 0 bridgehead atoms. The molecule has 2 heterocycles. The Bertz CT molecular complexity index is 463. The summed E-state index contributed by atoms with van der Waals surface area (Å²) in [6, 6.07) is 2.06. The summed E-state index contributed by atoms with van der Waals surface area (Å²) in [6.07, 6.45) is 7.35. The maximum absolute atomic E-state index is 11.4. The van der Waals surface area contributed by atoms with E-state index in [0.717, 1.165) is 32.2 Å². The molecule has 0 amide bonds. The van der Waals surface area contributed by atoms with Crippen LogP contribution in [0.25, 0.3) is 0 Å². The maximum atomic E-state index is 11.4. The van der Waals surface area contributed by atoms with Gasteiger partial charge in [0.1, 0.15) is 11.4 Å². The lowest BCUT2D eigenvalue weighted by atomic mass is 9.97. The predicted octanol–water partition coefficient (Wildman–Crippen LogP) is 3.70. The summed E-state index contributed by atoms with van der Waals surface area (Å²) in [4.78, 5) is 17.9. The number of aromatic carboxylic acids is 1. The van der Waals surface area contributed by atoms with Gasteiger partial charge in [-0.25, -0.2) is 9.78 Å². The summed E-state index contributed by atoms with van der Waals surface area (Å²) in [6.45, 7) is 3.07. The Balaban J connectivity index is 2.35. The highest BCUT2D eigenvalue weighted by Gasteiger charge is 2.26. The number of piperidine rings is 1. The number of carbonyl (C=O) groups is 1. The van der Waals surface area contributed by atoms with Gasteiger partial charge in [0, 0.05) is 23.3 Å². The van der Waals surface area contributed by atoms with Gasteiger partial charge in [0.2, 0.25) is 0 Å². The number of nitrogens with zero attached hydrogens (tertiary/aromatic N) is 2. The average molecular weight is 327 g/mol. The first-order valence-electron chi connectivity index (χ1n) is 6.79. The predicted molar refractivity (Wildman–Crippen MR) is 78.8 cm³/mol. The summed E-state index contributed by atoms with van der Waals surface area (Å²) in [5.41, 5.74) is 0.289. The zero-order chi connectivity index (χ0) is 13.8. The van der Waals surface area contributed by atoms with E-state index in [-0.39, 0.29) is 5.56 Å². The first kappa shape index (κ1) is 14.3. The van der Waals surface area contributed by atoms with Crippen molar-refractivity contribution in [3.63, 3.8) is 0 Å². The third-order valence-corrected chi connectivity index (χ3v) is 4.02. The van der Waals surface area contributed by atoms with Crippen LogP contribution in [-0.2, 0) is 0 Å². The van der Waals surface area contributed by atoms with E-state index < -0.39 is 5.97 Å². The first-order chi connectivity index (χ1) is 9.13. The largest absolute Gasteiger partial charge is 0.478 e. The highest BCUT2D eigenvalue weighted by Crippen LogP contribution is 2.29. The molecule has 1 aliphatic heterocycles. The van der Waals surface area contributed by atoms with E-state index in [1.54, 1.807) is 12.3 Å². The fourth-order valence-corrected chi connectivity index (χ4v) is 3.06. The van der Waals surface area contributed by atoms with Gasteiger partial charge in [-0.3, -0.25) is 0 Å². The van der Waals surface area contributed by atoms with Crippen LogP contribution in [0.2, 0.25) is 0 Å². The minimum absolute atomic E-state index is 0.289. The standard InChI is InChI=1S/C14H19BrN2O2/c1-2-5-11-6-3-4-7-17(11)13-12(14(18)19)8-10(15)9-16-13/h8-9,11H,2-7H2,1H3,(H,18,19). The van der Waals surface area contributed by atoms with Gasteiger partial charge in [-0.15, -0.1) is 0 Å². The second-order valence-corrected chi connectivity index (χ2v) is 5.88. The van der Waals surface area contributed by atoms with Crippen molar-refractivity contribution < 1.29 is 9.90 Å². The lowest BCUT2D eigenvalue weighted by Gasteiger charge is -2.37. The molecule has 2 rings (SSSR count). The molecular weight excluding hydrogens is 308 g/mol. The molecule has 0 aromatic carbocycles. The molecule has 0 spiro atoms. The minimum atomic E-state index is -0.912. The van der Waals surface area contributed by atoms with Gasteiger partial charge in [0.05, 0.1) is 0 Å². The number of aromatic nitrogens is 1. The van der Waals surface area contributed by atoms with E-state index in [1.807, 2.05) is 0 Å². The quantitative estimate of drug-likeness (QED) is 0.916. The van der Waals surface area contributed by atoms with Gasteiger partial charge < -0.3 is 10.0 Å². The minimum Gasteiger partial charge on any atom is -0.478 e. The summed E-state index contributed by atoms with van der Waals surface area (Å²) in [5, 5.41) is 9.35. The summed E-state index contributed by atoms with van der Waals surface area (Å²) < 4.78 is 0.706. The number of rotatable bonds is 4. The first-order valence-corrected chi connectivity index (χ1v) is 7.58. The Morgan fingerprint density at radius 2 is 2.37 bits per heavy atom. The van der Waals surface area contributed by atoms with Crippen LogP contribution in [0.5, 0.6) is 0 Å². The van der Waals surface area contributed by atoms with Gasteiger partial charge in [-0.05, 0) is 47.7 Å². The van der Waals surface area contributed by atoms with Crippen LogP contribution < -0.4 is 4.90 Å². The summed E-state index contributed by atoms with van der Waals surface area (Å²) in [5.74, 6) is -0.293. The van der Waals surface area contributed by atoms with Crippen molar-refractivity contribution in [1.82, 2.24) is 4.98 Å². The van der Waals surface area contributed by atoms with Gasteiger partial charge >= 0.3 is 5.97 Å². The lowest BCUT2D eigenvalue weighted by molar-refractivity contribution is 0.0697. The van der Waals surface area contributed by atoms with Crippen molar-refractivity contribution in [3.8, 4) is 0 Å². The molecule has 1 N–H and O–H groups in total. The van der Waals surface area contributed by atoms with Crippen LogP contribution in [0, 0.1) is 0 Å². The van der Waals surface area contributed by atoms with E-state index in [2.05, 4.69) is 32.7 Å². The fourth-order valence-electron chi connectivity index (χ4n) is 2.73. The molecular formula is C14H19BrN2O2. The van der Waals surface area contributed by atoms with Crippen molar-refractivity contribution in [3.05, 3.63) is 22.3 Å². The molecule has 4 nitrogen and oxygen atoms in total. The third-order valence-electron chi connectivity index (χ3n) is 3.58. The molecule has 5 heteroatoms. The molecule has 1 fully saturated rings. The van der Waals surface area contributed by atoms with Crippen LogP contribution in [0.15, 0.2) is 16.7 Å². The number of anilines is 1. The van der Waals surface area contributed by atoms with Crippen molar-refractivity contribution >= 4 is 27.7 Å². The van der Waals surface area contributed by atoms with Crippen molar-refractivity contribution in [2.45, 2.75) is 45.1 Å². The average Bonchev–Trinajstić information content (AvgIpc) is 2.40. The van der Waals surface area contributed by atoms with E-state index in [9.17, 15) is 9.90 Å². The molecule has 1 unspecified atom stereocenters. The highest BCUT2D eigenvalue weighted by molar-refractivity contribution is 9.10. The van der Waals surface area contributed by atoms with Crippen LogP contribution in [-0.4, -0.2) is 28.6 Å². The van der Waals surface area contributed by atoms with Crippen LogP contribution in [0.3, 0.4) is 0 Å². The SMILES string of the molecule is CCCC1CCCCN1c1ncc(Br)cc1C(=O)O. The van der Waals surface area contributed by atoms with E-state index >= 15 is 0 Å². The zero-order valence-corrected chi connectivity index (χ0v) is 12.7. The number of hydrogen-bond donors (Lipinski definition) is 1. The Labute approximate surface area is 122 Å². The van der Waals surface area contributed by atoms with E-state index in [1.165, 1.54) is 6.42 Å². The number of hydrogen-bond acceptors (Lipinski definition) is 3. The van der Waals surface area contributed by atoms with Crippen molar-refractivity contribution in [1.29, 1.82) is 0 Å². The van der Waals surface area contributed by atoms with Gasteiger partial charge in [-0.1, -0.05) is 13.3 Å². The van der Waals surface area contributed by atoms with Crippen molar-refractivity contribution in [2.75, 3.05) is 11.4 Å². The molecule has 1 aromatic heterocycles. The normalized spacial score (nSPS) is 19.5. The Morgan fingerprint density at radius 1 is 1.58 bits per heavy atom. The molecule has 1 aliphatic rings. The topological polar surface area (TPSA) is 53.4 Å². The number of carboxylic acid groups (broad SMARTS) is 1. The lowest BCUT2D eigenvalue weighted by Crippen LogP contribution is -2.40. The molecule has 19 heavy (non-hydrogen) atoms. The Morgan fingerprint density at radius 3 is 3.05 bits per heavy atom. The van der Waals surface area contributed by atoms with Crippen molar-refractivity contribution in [2.24, 2.45) is 0 Å². The molecule has 1 saturated heterocycles. The molecule has 0 saturated carbocycles. The molecule has 1 atom stereocenters. The van der Waals surface area contributed by atoms with Gasteiger partial charge in [0.25, 0.3) is 0 Å².